The molecule has 0 bridgehead atoms. The van der Waals surface area contributed by atoms with E-state index in [9.17, 15) is 4.79 Å². The number of esters is 1. The first-order valence-electron chi connectivity index (χ1n) is 8.46. The second kappa shape index (κ2) is 9.31. The van der Waals surface area contributed by atoms with Gasteiger partial charge in [0.25, 0.3) is 0 Å². The Morgan fingerprint density at radius 1 is 1.04 bits per heavy atom. The summed E-state index contributed by atoms with van der Waals surface area (Å²) >= 11 is 0. The number of hydrogen-bond donors (Lipinski definition) is 0. The monoisotopic (exact) mass is 314 g/mol. The minimum Gasteiger partial charge on any atom is -0.464 e. The lowest BCUT2D eigenvalue weighted by Crippen LogP contribution is -2.23. The molecule has 0 saturated carbocycles. The highest BCUT2D eigenvalue weighted by molar-refractivity contribution is 5.82. The van der Waals surface area contributed by atoms with Crippen molar-refractivity contribution < 1.29 is 14.3 Å². The summed E-state index contributed by atoms with van der Waals surface area (Å²) in [5, 5.41) is 2.59. The van der Waals surface area contributed by atoms with Crippen LogP contribution in [0.15, 0.2) is 42.5 Å². The number of carbonyl (C=O) groups excluding carboxylic acids is 1. The molecule has 0 heterocycles. The van der Waals surface area contributed by atoms with E-state index in [1.807, 2.05) is 0 Å². The summed E-state index contributed by atoms with van der Waals surface area (Å²) in [7, 11) is 0. The fraction of sp³-hybridized carbons (Fsp3) is 0.450. The second-order valence-electron chi connectivity index (χ2n) is 5.76. The Kier molecular flexibility index (Phi) is 7.08. The topological polar surface area (TPSA) is 35.5 Å². The number of carbonyl (C=O) groups is 1. The second-order valence-corrected chi connectivity index (χ2v) is 5.76. The van der Waals surface area contributed by atoms with Crippen molar-refractivity contribution in [2.45, 2.75) is 45.6 Å². The maximum atomic E-state index is 11.4. The number of rotatable bonds is 9. The van der Waals surface area contributed by atoms with Crippen LogP contribution in [0.1, 0.15) is 38.7 Å². The standard InChI is InChI=1S/C20H26O3/c1-3-22-20(21)16(2)23-14-8-4-5-9-17-12-13-18-10-6-7-11-19(18)15-17/h6-7,10-13,15-16H,3-5,8-9,14H2,1-2H3. The first-order valence-corrected chi connectivity index (χ1v) is 8.46. The molecule has 1 unspecified atom stereocenters. The van der Waals surface area contributed by atoms with Crippen molar-refractivity contribution >= 4 is 16.7 Å². The Hall–Kier alpha value is -1.87. The molecule has 0 amide bonds. The van der Waals surface area contributed by atoms with E-state index in [2.05, 4.69) is 42.5 Å². The molecule has 124 valence electrons. The number of fused-ring (bicyclic) bond motifs is 1. The van der Waals surface area contributed by atoms with Gasteiger partial charge in [0.15, 0.2) is 6.10 Å². The summed E-state index contributed by atoms with van der Waals surface area (Å²) in [5.41, 5.74) is 1.38. The lowest BCUT2D eigenvalue weighted by molar-refractivity contribution is -0.155. The molecule has 2 rings (SSSR count). The molecule has 0 fully saturated rings. The van der Waals surface area contributed by atoms with Crippen LogP contribution in [0.25, 0.3) is 10.8 Å². The van der Waals surface area contributed by atoms with Gasteiger partial charge in [-0.25, -0.2) is 4.79 Å². The van der Waals surface area contributed by atoms with Crippen LogP contribution in [0.5, 0.6) is 0 Å². The van der Waals surface area contributed by atoms with Crippen LogP contribution in [0, 0.1) is 0 Å². The third-order valence-corrected chi connectivity index (χ3v) is 3.91. The van der Waals surface area contributed by atoms with Crippen molar-refractivity contribution in [2.24, 2.45) is 0 Å². The number of unbranched alkanes of at least 4 members (excludes halogenated alkanes) is 2. The predicted molar refractivity (Wildman–Crippen MR) is 93.6 cm³/mol. The average Bonchev–Trinajstić information content (AvgIpc) is 2.57. The summed E-state index contributed by atoms with van der Waals surface area (Å²) in [5.74, 6) is -0.274. The van der Waals surface area contributed by atoms with Gasteiger partial charge in [0.1, 0.15) is 0 Å². The summed E-state index contributed by atoms with van der Waals surface area (Å²) in [6.07, 6.45) is 3.82. The summed E-state index contributed by atoms with van der Waals surface area (Å²) in [4.78, 5) is 11.4. The van der Waals surface area contributed by atoms with Crippen LogP contribution in [0.2, 0.25) is 0 Å². The molecule has 2 aromatic carbocycles. The van der Waals surface area contributed by atoms with Gasteiger partial charge in [-0.2, -0.15) is 0 Å². The molecule has 0 aromatic heterocycles. The van der Waals surface area contributed by atoms with Crippen LogP contribution in [0.3, 0.4) is 0 Å². The maximum absolute atomic E-state index is 11.4. The smallest absolute Gasteiger partial charge is 0.334 e. The van der Waals surface area contributed by atoms with Crippen LogP contribution in [-0.4, -0.2) is 25.3 Å². The van der Waals surface area contributed by atoms with Gasteiger partial charge in [-0.05, 0) is 49.4 Å². The SMILES string of the molecule is CCOC(=O)C(C)OCCCCCc1ccc2ccccc2c1. The van der Waals surface area contributed by atoms with Crippen molar-refractivity contribution in [3.8, 4) is 0 Å². The Morgan fingerprint density at radius 2 is 1.83 bits per heavy atom. The van der Waals surface area contributed by atoms with Crippen LogP contribution in [-0.2, 0) is 20.7 Å². The molecular weight excluding hydrogens is 288 g/mol. The van der Waals surface area contributed by atoms with E-state index in [1.54, 1.807) is 13.8 Å². The molecule has 3 heteroatoms. The zero-order valence-electron chi connectivity index (χ0n) is 14.1. The molecule has 0 aliphatic carbocycles. The van der Waals surface area contributed by atoms with Gasteiger partial charge in [0.05, 0.1) is 6.61 Å². The molecule has 0 spiro atoms. The van der Waals surface area contributed by atoms with E-state index >= 15 is 0 Å². The lowest BCUT2D eigenvalue weighted by atomic mass is 10.0. The molecule has 0 aliphatic rings. The third kappa shape index (κ3) is 5.68. The molecule has 0 radical (unpaired) electrons. The zero-order chi connectivity index (χ0) is 16.5. The molecule has 1 atom stereocenters. The highest BCUT2D eigenvalue weighted by Gasteiger charge is 2.13. The Bertz CT molecular complexity index is 621. The van der Waals surface area contributed by atoms with Gasteiger partial charge in [0.2, 0.25) is 0 Å². The fourth-order valence-electron chi connectivity index (χ4n) is 2.59. The molecule has 0 saturated heterocycles. The van der Waals surface area contributed by atoms with Gasteiger partial charge in [-0.1, -0.05) is 48.9 Å². The van der Waals surface area contributed by atoms with Gasteiger partial charge in [-0.3, -0.25) is 0 Å². The first-order chi connectivity index (χ1) is 11.2. The van der Waals surface area contributed by atoms with E-state index in [0.717, 1.165) is 25.7 Å². The summed E-state index contributed by atoms with van der Waals surface area (Å²) in [6.45, 7) is 4.56. The molecule has 0 N–H and O–H groups in total. The highest BCUT2D eigenvalue weighted by atomic mass is 16.6. The zero-order valence-corrected chi connectivity index (χ0v) is 14.1. The van der Waals surface area contributed by atoms with Crippen molar-refractivity contribution in [3.05, 3.63) is 48.0 Å². The van der Waals surface area contributed by atoms with E-state index in [-0.39, 0.29) is 5.97 Å². The molecule has 0 aliphatic heterocycles. The van der Waals surface area contributed by atoms with Gasteiger partial charge in [-0.15, -0.1) is 0 Å². The highest BCUT2D eigenvalue weighted by Crippen LogP contribution is 2.17. The Morgan fingerprint density at radius 3 is 2.61 bits per heavy atom. The average molecular weight is 314 g/mol. The number of ether oxygens (including phenoxy) is 2. The molecule has 3 nitrogen and oxygen atoms in total. The normalized spacial score (nSPS) is 12.3. The molecule has 23 heavy (non-hydrogen) atoms. The van der Waals surface area contributed by atoms with E-state index in [1.165, 1.54) is 16.3 Å². The Balaban J connectivity index is 1.64. The molecule has 2 aromatic rings. The first kappa shape index (κ1) is 17.5. The summed E-state index contributed by atoms with van der Waals surface area (Å²) < 4.78 is 10.4. The number of benzene rings is 2. The van der Waals surface area contributed by atoms with Crippen LogP contribution in [0.4, 0.5) is 0 Å². The van der Waals surface area contributed by atoms with Crippen molar-refractivity contribution in [3.63, 3.8) is 0 Å². The maximum Gasteiger partial charge on any atom is 0.334 e. The quantitative estimate of drug-likeness (QED) is 0.504. The largest absolute Gasteiger partial charge is 0.464 e. The van der Waals surface area contributed by atoms with E-state index < -0.39 is 6.10 Å². The minimum absolute atomic E-state index is 0.274. The minimum atomic E-state index is -0.463. The number of aryl methyl sites for hydroxylation is 1. The third-order valence-electron chi connectivity index (χ3n) is 3.91. The fourth-order valence-corrected chi connectivity index (χ4v) is 2.59. The number of hydrogen-bond acceptors (Lipinski definition) is 3. The van der Waals surface area contributed by atoms with Crippen molar-refractivity contribution in [1.29, 1.82) is 0 Å². The van der Waals surface area contributed by atoms with Crippen LogP contribution >= 0.6 is 0 Å². The summed E-state index contributed by atoms with van der Waals surface area (Å²) in [6, 6.07) is 15.1. The van der Waals surface area contributed by atoms with Crippen molar-refractivity contribution in [1.82, 2.24) is 0 Å². The van der Waals surface area contributed by atoms with Gasteiger partial charge < -0.3 is 9.47 Å². The lowest BCUT2D eigenvalue weighted by Gasteiger charge is -2.11. The Labute approximate surface area is 138 Å². The van der Waals surface area contributed by atoms with Gasteiger partial charge >= 0.3 is 5.97 Å². The van der Waals surface area contributed by atoms with E-state index in [0.29, 0.717) is 13.2 Å². The van der Waals surface area contributed by atoms with E-state index in [4.69, 9.17) is 9.47 Å². The van der Waals surface area contributed by atoms with Crippen LogP contribution < -0.4 is 0 Å². The predicted octanol–water partition coefficient (Wildman–Crippen LogP) is 4.52. The molecular formula is C20H26O3. The van der Waals surface area contributed by atoms with Crippen molar-refractivity contribution in [2.75, 3.05) is 13.2 Å². The van der Waals surface area contributed by atoms with Gasteiger partial charge in [0, 0.05) is 6.61 Å².